The van der Waals surface area contributed by atoms with Crippen LogP contribution in [0, 0.1) is 0 Å². The maximum atomic E-state index is 12.3. The smallest absolute Gasteiger partial charge is 0.322 e. The van der Waals surface area contributed by atoms with E-state index in [4.69, 9.17) is 4.42 Å². The third-order valence-electron chi connectivity index (χ3n) is 4.58. The molecule has 152 valence electrons. The van der Waals surface area contributed by atoms with Crippen molar-refractivity contribution in [2.75, 3.05) is 11.1 Å². The second-order valence-corrected chi connectivity index (χ2v) is 8.90. The van der Waals surface area contributed by atoms with Gasteiger partial charge < -0.3 is 4.42 Å². The Morgan fingerprint density at radius 3 is 2.43 bits per heavy atom. The number of nitrogens with one attached hydrogen (secondary N) is 1. The van der Waals surface area contributed by atoms with Gasteiger partial charge in [0.2, 0.25) is 11.8 Å². The fourth-order valence-corrected chi connectivity index (χ4v) is 4.32. The van der Waals surface area contributed by atoms with E-state index in [1.165, 1.54) is 0 Å². The van der Waals surface area contributed by atoms with Crippen LogP contribution in [0.3, 0.4) is 0 Å². The number of sulfone groups is 1. The van der Waals surface area contributed by atoms with Crippen LogP contribution in [0.25, 0.3) is 10.8 Å². The number of hydrogen-bond donors (Lipinski definition) is 1. The van der Waals surface area contributed by atoms with Crippen molar-refractivity contribution in [2.24, 2.45) is 0 Å². The number of amides is 1. The SMILES string of the molecule is O=C(Cc1ccc2ccccc2c1)Nc1nnc(CCS(=O)(=O)c2ccccc2)o1. The summed E-state index contributed by atoms with van der Waals surface area (Å²) in [6, 6.07) is 21.9. The average Bonchev–Trinajstić information content (AvgIpc) is 3.20. The first-order chi connectivity index (χ1) is 14.5. The Kier molecular flexibility index (Phi) is 5.58. The zero-order chi connectivity index (χ0) is 21.0. The lowest BCUT2D eigenvalue weighted by Crippen LogP contribution is -2.14. The minimum absolute atomic E-state index is 0.0482. The number of nitrogens with zero attached hydrogens (tertiary/aromatic N) is 2. The van der Waals surface area contributed by atoms with E-state index in [9.17, 15) is 13.2 Å². The Labute approximate surface area is 173 Å². The highest BCUT2D eigenvalue weighted by atomic mass is 32.2. The zero-order valence-corrected chi connectivity index (χ0v) is 16.8. The Morgan fingerprint density at radius 1 is 0.900 bits per heavy atom. The van der Waals surface area contributed by atoms with Crippen LogP contribution >= 0.6 is 0 Å². The van der Waals surface area contributed by atoms with Crippen LogP contribution in [0.2, 0.25) is 0 Å². The lowest BCUT2D eigenvalue weighted by molar-refractivity contribution is -0.115. The average molecular weight is 421 g/mol. The van der Waals surface area contributed by atoms with E-state index in [0.717, 1.165) is 16.3 Å². The van der Waals surface area contributed by atoms with E-state index in [-0.39, 0.29) is 41.3 Å². The van der Waals surface area contributed by atoms with Gasteiger partial charge in [0.05, 0.1) is 17.1 Å². The molecule has 0 unspecified atom stereocenters. The molecule has 8 heteroatoms. The van der Waals surface area contributed by atoms with Crippen molar-refractivity contribution >= 4 is 32.5 Å². The number of aryl methyl sites for hydroxylation is 1. The number of carbonyl (C=O) groups is 1. The first-order valence-corrected chi connectivity index (χ1v) is 11.0. The Bertz CT molecular complexity index is 1280. The van der Waals surface area contributed by atoms with Gasteiger partial charge in [-0.15, -0.1) is 5.10 Å². The minimum atomic E-state index is -3.45. The molecular weight excluding hydrogens is 402 g/mol. The maximum absolute atomic E-state index is 12.3. The molecule has 4 rings (SSSR count). The third kappa shape index (κ3) is 4.72. The standard InChI is InChI=1S/C22H19N3O4S/c26-20(15-16-10-11-17-6-4-5-7-18(17)14-16)23-22-25-24-21(29-22)12-13-30(27,28)19-8-2-1-3-9-19/h1-11,14H,12-13,15H2,(H,23,25,26). The van der Waals surface area contributed by atoms with E-state index in [0.29, 0.717) is 0 Å². The summed E-state index contributed by atoms with van der Waals surface area (Å²) in [5.41, 5.74) is 0.861. The summed E-state index contributed by atoms with van der Waals surface area (Å²) in [6.45, 7) is 0. The van der Waals surface area contributed by atoms with Crippen molar-refractivity contribution in [1.82, 2.24) is 10.2 Å². The van der Waals surface area contributed by atoms with Crippen LogP contribution in [-0.4, -0.2) is 30.3 Å². The van der Waals surface area contributed by atoms with E-state index in [1.54, 1.807) is 30.3 Å². The van der Waals surface area contributed by atoms with Gasteiger partial charge in [0.25, 0.3) is 0 Å². The van der Waals surface area contributed by atoms with E-state index in [1.807, 2.05) is 42.5 Å². The van der Waals surface area contributed by atoms with Crippen LogP contribution in [0.5, 0.6) is 0 Å². The van der Waals surface area contributed by atoms with Crippen LogP contribution in [0.4, 0.5) is 6.01 Å². The molecule has 0 aliphatic carbocycles. The molecule has 0 atom stereocenters. The Hall–Kier alpha value is -3.52. The quantitative estimate of drug-likeness (QED) is 0.491. The van der Waals surface area contributed by atoms with Crippen molar-refractivity contribution in [3.63, 3.8) is 0 Å². The molecule has 1 aromatic heterocycles. The molecule has 0 radical (unpaired) electrons. The van der Waals surface area contributed by atoms with Crippen LogP contribution in [-0.2, 0) is 27.5 Å². The van der Waals surface area contributed by atoms with Crippen LogP contribution in [0.15, 0.2) is 82.1 Å². The highest BCUT2D eigenvalue weighted by Gasteiger charge is 2.17. The van der Waals surface area contributed by atoms with Gasteiger partial charge in [-0.05, 0) is 28.5 Å². The zero-order valence-electron chi connectivity index (χ0n) is 16.0. The maximum Gasteiger partial charge on any atom is 0.322 e. The largest absolute Gasteiger partial charge is 0.408 e. The summed E-state index contributed by atoms with van der Waals surface area (Å²) in [4.78, 5) is 12.5. The van der Waals surface area contributed by atoms with Gasteiger partial charge in [-0.3, -0.25) is 10.1 Å². The molecule has 0 saturated heterocycles. The number of hydrogen-bond acceptors (Lipinski definition) is 6. The summed E-state index contributed by atoms with van der Waals surface area (Å²) >= 11 is 0. The fraction of sp³-hybridized carbons (Fsp3) is 0.136. The molecule has 7 nitrogen and oxygen atoms in total. The second kappa shape index (κ2) is 8.46. The van der Waals surface area contributed by atoms with Gasteiger partial charge in [-0.2, -0.15) is 0 Å². The molecule has 1 heterocycles. The molecule has 0 aliphatic rings. The number of carbonyl (C=O) groups excluding carboxylic acids is 1. The summed E-state index contributed by atoms with van der Waals surface area (Å²) in [5.74, 6) is -0.308. The second-order valence-electron chi connectivity index (χ2n) is 6.79. The molecule has 0 saturated carbocycles. The van der Waals surface area contributed by atoms with Gasteiger partial charge in [0.15, 0.2) is 9.84 Å². The molecule has 1 amide bonds. The topological polar surface area (TPSA) is 102 Å². The van der Waals surface area contributed by atoms with Gasteiger partial charge in [-0.1, -0.05) is 65.8 Å². The fourth-order valence-electron chi connectivity index (χ4n) is 3.07. The van der Waals surface area contributed by atoms with Crippen molar-refractivity contribution < 1.29 is 17.6 Å². The van der Waals surface area contributed by atoms with Crippen molar-refractivity contribution in [3.05, 3.63) is 84.3 Å². The van der Waals surface area contributed by atoms with Crippen molar-refractivity contribution in [2.45, 2.75) is 17.7 Å². The molecule has 0 fully saturated rings. The Morgan fingerprint density at radius 2 is 1.63 bits per heavy atom. The van der Waals surface area contributed by atoms with Gasteiger partial charge in [0.1, 0.15) is 0 Å². The monoisotopic (exact) mass is 421 g/mol. The number of aromatic nitrogens is 2. The van der Waals surface area contributed by atoms with Crippen LogP contribution in [0.1, 0.15) is 11.5 Å². The first-order valence-electron chi connectivity index (χ1n) is 9.37. The van der Waals surface area contributed by atoms with E-state index >= 15 is 0 Å². The summed E-state index contributed by atoms with van der Waals surface area (Å²) in [5, 5.41) is 12.3. The summed E-state index contributed by atoms with van der Waals surface area (Å²) in [6.07, 6.45) is 0.218. The summed E-state index contributed by atoms with van der Waals surface area (Å²) < 4.78 is 30.0. The highest BCUT2D eigenvalue weighted by molar-refractivity contribution is 7.91. The summed E-state index contributed by atoms with van der Waals surface area (Å²) in [7, 11) is -3.45. The minimum Gasteiger partial charge on any atom is -0.408 e. The molecule has 30 heavy (non-hydrogen) atoms. The predicted molar refractivity (Wildman–Crippen MR) is 113 cm³/mol. The van der Waals surface area contributed by atoms with Crippen LogP contribution < -0.4 is 5.32 Å². The number of benzene rings is 3. The van der Waals surface area contributed by atoms with Gasteiger partial charge in [-0.25, -0.2) is 8.42 Å². The molecule has 3 aromatic carbocycles. The van der Waals surface area contributed by atoms with E-state index in [2.05, 4.69) is 15.5 Å². The molecule has 4 aromatic rings. The highest BCUT2D eigenvalue weighted by Crippen LogP contribution is 2.17. The lowest BCUT2D eigenvalue weighted by Gasteiger charge is -2.04. The number of fused-ring (bicyclic) bond motifs is 1. The normalized spacial score (nSPS) is 11.5. The number of rotatable bonds is 7. The third-order valence-corrected chi connectivity index (χ3v) is 6.31. The molecule has 0 bridgehead atoms. The number of anilines is 1. The lowest BCUT2D eigenvalue weighted by atomic mass is 10.1. The molecular formula is C22H19N3O4S. The molecule has 1 N–H and O–H groups in total. The van der Waals surface area contributed by atoms with E-state index < -0.39 is 9.84 Å². The van der Waals surface area contributed by atoms with Crippen molar-refractivity contribution in [1.29, 1.82) is 0 Å². The first kappa shape index (κ1) is 19.8. The van der Waals surface area contributed by atoms with Gasteiger partial charge in [0, 0.05) is 6.42 Å². The Balaban J connectivity index is 1.35. The van der Waals surface area contributed by atoms with Gasteiger partial charge >= 0.3 is 6.01 Å². The molecule has 0 spiro atoms. The predicted octanol–water partition coefficient (Wildman–Crippen LogP) is 3.42. The molecule has 0 aliphatic heterocycles. The van der Waals surface area contributed by atoms with Crippen molar-refractivity contribution in [3.8, 4) is 0 Å².